The molecule has 0 spiro atoms. The van der Waals surface area contributed by atoms with Gasteiger partial charge in [-0.2, -0.15) is 0 Å². The van der Waals surface area contributed by atoms with Crippen molar-refractivity contribution in [2.24, 2.45) is 0 Å². The average Bonchev–Trinajstić information content (AvgIpc) is 3.00. The molecule has 2 aliphatic heterocycles. The second kappa shape index (κ2) is 6.36. The van der Waals surface area contributed by atoms with Crippen LogP contribution in [0.15, 0.2) is 18.2 Å². The first-order valence-electron chi connectivity index (χ1n) is 7.55. The van der Waals surface area contributed by atoms with Crippen LogP contribution in [0.3, 0.4) is 0 Å². The first-order valence-corrected chi connectivity index (χ1v) is 7.55. The van der Waals surface area contributed by atoms with Gasteiger partial charge in [-0.1, -0.05) is 6.07 Å². The maximum Gasteiger partial charge on any atom is 0.330 e. The molecule has 2 atom stereocenters. The fourth-order valence-corrected chi connectivity index (χ4v) is 2.86. The Morgan fingerprint density at radius 3 is 2.86 bits per heavy atom. The fraction of sp³-hybridized carbons (Fsp3) is 0.500. The Labute approximate surface area is 128 Å². The van der Waals surface area contributed by atoms with Gasteiger partial charge >= 0.3 is 5.97 Å². The van der Waals surface area contributed by atoms with Gasteiger partial charge in [-0.3, -0.25) is 4.79 Å². The van der Waals surface area contributed by atoms with Crippen LogP contribution in [0.5, 0.6) is 5.75 Å². The molecular weight excluding hydrogens is 286 g/mol. The summed E-state index contributed by atoms with van der Waals surface area (Å²) in [4.78, 5) is 23.7. The molecule has 6 heteroatoms. The van der Waals surface area contributed by atoms with Crippen molar-refractivity contribution in [3.05, 3.63) is 29.3 Å². The molecule has 0 bridgehead atoms. The quantitative estimate of drug-likeness (QED) is 0.879. The number of carbonyl (C=O) groups excluding carboxylic acids is 1. The fourth-order valence-electron chi connectivity index (χ4n) is 2.86. The van der Waals surface area contributed by atoms with Crippen molar-refractivity contribution in [3.8, 4) is 5.75 Å². The van der Waals surface area contributed by atoms with E-state index >= 15 is 0 Å². The maximum absolute atomic E-state index is 12.2. The Bertz CT molecular complexity index is 580. The summed E-state index contributed by atoms with van der Waals surface area (Å²) >= 11 is 0. The molecule has 6 nitrogen and oxygen atoms in total. The Morgan fingerprint density at radius 1 is 1.27 bits per heavy atom. The second-order valence-electron chi connectivity index (χ2n) is 5.60. The molecule has 0 aromatic heterocycles. The zero-order chi connectivity index (χ0) is 15.5. The Balaban J connectivity index is 1.75. The number of carbonyl (C=O) groups is 2. The van der Waals surface area contributed by atoms with Gasteiger partial charge in [0.15, 0.2) is 6.04 Å². The second-order valence-corrected chi connectivity index (χ2v) is 5.60. The molecule has 0 saturated carbocycles. The first-order chi connectivity index (χ1) is 10.6. The lowest BCUT2D eigenvalue weighted by molar-refractivity contribution is -0.145. The predicted octanol–water partition coefficient (Wildman–Crippen LogP) is 1.43. The van der Waals surface area contributed by atoms with E-state index in [1.807, 2.05) is 0 Å². The van der Waals surface area contributed by atoms with E-state index in [-0.39, 0.29) is 5.91 Å². The number of hydrogen-bond acceptors (Lipinski definition) is 4. The number of hydrogen-bond donors (Lipinski definition) is 2. The van der Waals surface area contributed by atoms with Crippen LogP contribution in [0.1, 0.15) is 36.4 Å². The van der Waals surface area contributed by atoms with Gasteiger partial charge in [-0.25, -0.2) is 4.79 Å². The monoisotopic (exact) mass is 305 g/mol. The third kappa shape index (κ3) is 3.06. The molecular formula is C16H19NO5. The highest BCUT2D eigenvalue weighted by Crippen LogP contribution is 2.28. The van der Waals surface area contributed by atoms with E-state index in [1.54, 1.807) is 18.2 Å². The summed E-state index contributed by atoms with van der Waals surface area (Å²) in [5.74, 6) is -0.651. The van der Waals surface area contributed by atoms with Crippen molar-refractivity contribution in [2.45, 2.75) is 37.8 Å². The number of aliphatic carboxylic acids is 1. The van der Waals surface area contributed by atoms with Crippen molar-refractivity contribution in [1.82, 2.24) is 5.32 Å². The maximum atomic E-state index is 12.2. The third-order valence-corrected chi connectivity index (χ3v) is 4.05. The zero-order valence-corrected chi connectivity index (χ0v) is 12.2. The van der Waals surface area contributed by atoms with Crippen LogP contribution in [0, 0.1) is 0 Å². The number of nitrogens with one attached hydrogen (secondary N) is 1. The number of fused-ring (bicyclic) bond motifs is 1. The molecule has 0 aliphatic carbocycles. The molecule has 118 valence electrons. The summed E-state index contributed by atoms with van der Waals surface area (Å²) in [6.07, 6.45) is 2.71. The summed E-state index contributed by atoms with van der Waals surface area (Å²) in [5.41, 5.74) is 1.54. The highest BCUT2D eigenvalue weighted by Gasteiger charge is 2.29. The number of rotatable bonds is 4. The van der Waals surface area contributed by atoms with E-state index in [9.17, 15) is 14.7 Å². The van der Waals surface area contributed by atoms with Gasteiger partial charge in [0, 0.05) is 13.0 Å². The molecule has 2 N–H and O–H groups in total. The van der Waals surface area contributed by atoms with E-state index < -0.39 is 18.1 Å². The summed E-state index contributed by atoms with van der Waals surface area (Å²) in [6.45, 7) is 1.16. The lowest BCUT2D eigenvalue weighted by Gasteiger charge is -2.24. The molecule has 1 aromatic rings. The molecule has 22 heavy (non-hydrogen) atoms. The van der Waals surface area contributed by atoms with E-state index in [0.717, 1.165) is 30.6 Å². The van der Waals surface area contributed by atoms with Gasteiger partial charge < -0.3 is 19.9 Å². The van der Waals surface area contributed by atoms with E-state index in [2.05, 4.69) is 5.32 Å². The summed E-state index contributed by atoms with van der Waals surface area (Å²) in [5, 5.41) is 12.0. The van der Waals surface area contributed by atoms with Crippen molar-refractivity contribution < 1.29 is 24.2 Å². The van der Waals surface area contributed by atoms with Gasteiger partial charge in [-0.15, -0.1) is 0 Å². The summed E-state index contributed by atoms with van der Waals surface area (Å²) in [6, 6.07) is 4.18. The topological polar surface area (TPSA) is 84.9 Å². The van der Waals surface area contributed by atoms with Crippen LogP contribution in [-0.4, -0.2) is 36.3 Å². The van der Waals surface area contributed by atoms with E-state index in [4.69, 9.17) is 9.47 Å². The molecule has 0 radical (unpaired) electrons. The normalized spacial score (nSPS) is 21.5. The van der Waals surface area contributed by atoms with Crippen LogP contribution in [0.25, 0.3) is 0 Å². The number of amides is 1. The first kappa shape index (κ1) is 14.8. The summed E-state index contributed by atoms with van der Waals surface area (Å²) in [7, 11) is 0. The molecule has 2 aliphatic rings. The van der Waals surface area contributed by atoms with Crippen molar-refractivity contribution in [2.75, 3.05) is 13.2 Å². The zero-order valence-electron chi connectivity index (χ0n) is 12.2. The highest BCUT2D eigenvalue weighted by molar-refractivity contribution is 5.87. The minimum absolute atomic E-state index is 0.358. The van der Waals surface area contributed by atoms with Crippen LogP contribution in [0.4, 0.5) is 0 Å². The van der Waals surface area contributed by atoms with E-state index in [1.165, 1.54) is 0 Å². The minimum atomic E-state index is -1.08. The summed E-state index contributed by atoms with van der Waals surface area (Å²) < 4.78 is 10.8. The number of carboxylic acid groups (broad SMARTS) is 1. The smallest absolute Gasteiger partial charge is 0.330 e. The Kier molecular flexibility index (Phi) is 4.29. The SMILES string of the molecule is O=C(NC(C(=O)O)c1ccc2c(c1)CCO2)C1CCCCO1. The van der Waals surface area contributed by atoms with Gasteiger partial charge in [0.25, 0.3) is 0 Å². The van der Waals surface area contributed by atoms with Crippen LogP contribution >= 0.6 is 0 Å². The minimum Gasteiger partial charge on any atom is -0.493 e. The molecule has 2 heterocycles. The predicted molar refractivity (Wildman–Crippen MR) is 77.8 cm³/mol. The van der Waals surface area contributed by atoms with Gasteiger partial charge in [0.1, 0.15) is 11.9 Å². The Morgan fingerprint density at radius 2 is 2.14 bits per heavy atom. The van der Waals surface area contributed by atoms with Crippen molar-refractivity contribution >= 4 is 11.9 Å². The average molecular weight is 305 g/mol. The molecule has 2 unspecified atom stereocenters. The van der Waals surface area contributed by atoms with Crippen LogP contribution in [0.2, 0.25) is 0 Å². The molecule has 3 rings (SSSR count). The van der Waals surface area contributed by atoms with Gasteiger partial charge in [-0.05, 0) is 42.5 Å². The number of ether oxygens (including phenoxy) is 2. The number of benzene rings is 1. The number of carboxylic acids is 1. The van der Waals surface area contributed by atoms with Crippen molar-refractivity contribution in [3.63, 3.8) is 0 Å². The Hall–Kier alpha value is -2.08. The van der Waals surface area contributed by atoms with Crippen molar-refractivity contribution in [1.29, 1.82) is 0 Å². The van der Waals surface area contributed by atoms with Gasteiger partial charge in [0.05, 0.1) is 6.61 Å². The molecule has 1 aromatic carbocycles. The van der Waals surface area contributed by atoms with Gasteiger partial charge in [0.2, 0.25) is 5.91 Å². The largest absolute Gasteiger partial charge is 0.493 e. The van der Waals surface area contributed by atoms with Crippen LogP contribution in [-0.2, 0) is 20.7 Å². The van der Waals surface area contributed by atoms with E-state index in [0.29, 0.717) is 25.2 Å². The highest BCUT2D eigenvalue weighted by atomic mass is 16.5. The lowest BCUT2D eigenvalue weighted by Crippen LogP contribution is -2.42. The standard InChI is InChI=1S/C16H19NO5/c18-15(13-3-1-2-7-21-13)17-14(16(19)20)11-4-5-12-10(9-11)6-8-22-12/h4-5,9,13-14H,1-3,6-8H2,(H,17,18)(H,19,20). The van der Waals surface area contributed by atoms with Crippen LogP contribution < -0.4 is 10.1 Å². The lowest BCUT2D eigenvalue weighted by atomic mass is 10.0. The molecule has 1 fully saturated rings. The third-order valence-electron chi connectivity index (χ3n) is 4.05. The molecule has 1 amide bonds. The molecule has 1 saturated heterocycles.